The fraction of sp³-hybridized carbons (Fsp3) is 0.600. The van der Waals surface area contributed by atoms with Gasteiger partial charge in [0.05, 0.1) is 5.56 Å². The van der Waals surface area contributed by atoms with Crippen molar-refractivity contribution in [3.63, 3.8) is 0 Å². The Balaban J connectivity index is 2.28. The van der Waals surface area contributed by atoms with Gasteiger partial charge in [-0.25, -0.2) is 0 Å². The van der Waals surface area contributed by atoms with Crippen LogP contribution in [0.1, 0.15) is 37.3 Å². The van der Waals surface area contributed by atoms with Crippen molar-refractivity contribution < 1.29 is 13.2 Å². The maximum absolute atomic E-state index is 13.0. The lowest BCUT2D eigenvalue weighted by Gasteiger charge is -2.43. The molecule has 0 saturated carbocycles. The van der Waals surface area contributed by atoms with E-state index in [4.69, 9.17) is 0 Å². The van der Waals surface area contributed by atoms with Gasteiger partial charge in [0, 0.05) is 5.54 Å². The first-order valence-corrected chi connectivity index (χ1v) is 6.69. The predicted molar refractivity (Wildman–Crippen MR) is 70.0 cm³/mol. The molecular formula is C15H20F3N. The second-order valence-electron chi connectivity index (χ2n) is 5.71. The number of likely N-dealkylation sites (tertiary alicyclic amines) is 1. The monoisotopic (exact) mass is 271 g/mol. The Labute approximate surface area is 112 Å². The van der Waals surface area contributed by atoms with Crippen LogP contribution < -0.4 is 0 Å². The molecule has 1 saturated heterocycles. The minimum atomic E-state index is -4.26. The normalized spacial score (nSPS) is 25.5. The standard InChI is InChI=1S/C15H20F3N/c1-14(9-5-6-10-19(14)2)11-12-7-3-4-8-13(12)15(16,17)18/h3-4,7-8H,5-6,9-11H2,1-2H3. The van der Waals surface area contributed by atoms with Crippen LogP contribution in [0.4, 0.5) is 13.2 Å². The number of nitrogens with zero attached hydrogens (tertiary/aromatic N) is 1. The zero-order valence-corrected chi connectivity index (χ0v) is 11.4. The minimum absolute atomic E-state index is 0.167. The smallest absolute Gasteiger partial charge is 0.301 e. The zero-order valence-electron chi connectivity index (χ0n) is 11.4. The van der Waals surface area contributed by atoms with Gasteiger partial charge in [-0.05, 0) is 51.4 Å². The molecule has 1 aromatic rings. The average Bonchev–Trinajstić information content (AvgIpc) is 2.32. The maximum atomic E-state index is 13.0. The average molecular weight is 271 g/mol. The highest BCUT2D eigenvalue weighted by molar-refractivity contribution is 5.31. The van der Waals surface area contributed by atoms with Crippen LogP contribution in [0.5, 0.6) is 0 Å². The molecule has 1 unspecified atom stereocenters. The van der Waals surface area contributed by atoms with Gasteiger partial charge in [0.2, 0.25) is 0 Å². The molecule has 19 heavy (non-hydrogen) atoms. The molecule has 0 amide bonds. The molecule has 1 nitrogen and oxygen atoms in total. The van der Waals surface area contributed by atoms with E-state index in [1.807, 2.05) is 7.05 Å². The number of likely N-dealkylation sites (N-methyl/N-ethyl adjacent to an activating group) is 1. The summed E-state index contributed by atoms with van der Waals surface area (Å²) in [6, 6.07) is 5.94. The molecule has 2 rings (SSSR count). The van der Waals surface area contributed by atoms with Gasteiger partial charge in [0.25, 0.3) is 0 Å². The van der Waals surface area contributed by atoms with Crippen molar-refractivity contribution in [2.24, 2.45) is 0 Å². The van der Waals surface area contributed by atoms with Crippen molar-refractivity contribution in [3.8, 4) is 0 Å². The molecule has 1 heterocycles. The van der Waals surface area contributed by atoms with Crippen molar-refractivity contribution in [1.82, 2.24) is 4.90 Å². The van der Waals surface area contributed by atoms with Gasteiger partial charge in [-0.15, -0.1) is 0 Å². The van der Waals surface area contributed by atoms with E-state index < -0.39 is 11.7 Å². The number of alkyl halides is 3. The summed E-state index contributed by atoms with van der Waals surface area (Å²) in [6.45, 7) is 3.03. The fourth-order valence-corrected chi connectivity index (χ4v) is 2.90. The molecule has 0 aliphatic carbocycles. The van der Waals surface area contributed by atoms with Crippen molar-refractivity contribution in [2.75, 3.05) is 13.6 Å². The number of halogens is 3. The SMILES string of the molecule is CN1CCCCC1(C)Cc1ccccc1C(F)(F)F. The fourth-order valence-electron chi connectivity index (χ4n) is 2.90. The largest absolute Gasteiger partial charge is 0.416 e. The zero-order chi connectivity index (χ0) is 14.1. The van der Waals surface area contributed by atoms with Gasteiger partial charge in [0.1, 0.15) is 0 Å². The van der Waals surface area contributed by atoms with Gasteiger partial charge >= 0.3 is 6.18 Å². The maximum Gasteiger partial charge on any atom is 0.416 e. The summed E-state index contributed by atoms with van der Waals surface area (Å²) >= 11 is 0. The van der Waals surface area contributed by atoms with E-state index in [1.165, 1.54) is 12.1 Å². The molecule has 1 fully saturated rings. The number of rotatable bonds is 2. The van der Waals surface area contributed by atoms with Crippen molar-refractivity contribution in [1.29, 1.82) is 0 Å². The Morgan fingerprint density at radius 2 is 1.89 bits per heavy atom. The van der Waals surface area contributed by atoms with Crippen LogP contribution in [0.2, 0.25) is 0 Å². The Morgan fingerprint density at radius 1 is 1.21 bits per heavy atom. The summed E-state index contributed by atoms with van der Waals surface area (Å²) in [6.07, 6.45) is -0.628. The highest BCUT2D eigenvalue weighted by Gasteiger charge is 2.37. The molecule has 4 heteroatoms. The van der Waals surface area contributed by atoms with E-state index in [9.17, 15) is 13.2 Å². The molecule has 0 radical (unpaired) electrons. The van der Waals surface area contributed by atoms with Gasteiger partial charge in [-0.2, -0.15) is 13.2 Å². The Morgan fingerprint density at radius 3 is 2.53 bits per heavy atom. The first-order valence-electron chi connectivity index (χ1n) is 6.69. The molecular weight excluding hydrogens is 251 g/mol. The molecule has 0 spiro atoms. The number of piperidine rings is 1. The first-order chi connectivity index (χ1) is 8.83. The summed E-state index contributed by atoms with van der Waals surface area (Å²) in [5, 5.41) is 0. The van der Waals surface area contributed by atoms with E-state index in [1.54, 1.807) is 12.1 Å². The molecule has 1 aliphatic rings. The van der Waals surface area contributed by atoms with Crippen molar-refractivity contribution >= 4 is 0 Å². The number of benzene rings is 1. The Kier molecular flexibility index (Phi) is 3.90. The van der Waals surface area contributed by atoms with Crippen LogP contribution in [0.3, 0.4) is 0 Å². The van der Waals surface area contributed by atoms with E-state index in [0.717, 1.165) is 25.8 Å². The Hall–Kier alpha value is -1.03. The minimum Gasteiger partial charge on any atom is -0.301 e. The van der Waals surface area contributed by atoms with Crippen LogP contribution >= 0.6 is 0 Å². The van der Waals surface area contributed by atoms with E-state index in [-0.39, 0.29) is 5.54 Å². The predicted octanol–water partition coefficient (Wildman–Crippen LogP) is 4.12. The van der Waals surface area contributed by atoms with Crippen LogP contribution in [0, 0.1) is 0 Å². The number of hydrogen-bond donors (Lipinski definition) is 0. The molecule has 0 N–H and O–H groups in total. The van der Waals surface area contributed by atoms with Crippen LogP contribution in [0.25, 0.3) is 0 Å². The van der Waals surface area contributed by atoms with Gasteiger partial charge in [0.15, 0.2) is 0 Å². The summed E-state index contributed by atoms with van der Waals surface area (Å²) in [4.78, 5) is 2.20. The van der Waals surface area contributed by atoms with Crippen LogP contribution in [-0.2, 0) is 12.6 Å². The highest BCUT2D eigenvalue weighted by atomic mass is 19.4. The molecule has 0 bridgehead atoms. The summed E-state index contributed by atoms with van der Waals surface area (Å²) in [5.41, 5.74) is -0.249. The van der Waals surface area contributed by atoms with Crippen LogP contribution in [0.15, 0.2) is 24.3 Å². The molecule has 106 valence electrons. The van der Waals surface area contributed by atoms with E-state index in [2.05, 4.69) is 11.8 Å². The quantitative estimate of drug-likeness (QED) is 0.782. The summed E-state index contributed by atoms with van der Waals surface area (Å²) in [7, 11) is 2.01. The molecule has 0 aromatic heterocycles. The molecule has 1 aromatic carbocycles. The lowest BCUT2D eigenvalue weighted by Crippen LogP contribution is -2.49. The molecule has 1 aliphatic heterocycles. The second kappa shape index (κ2) is 5.16. The third-order valence-electron chi connectivity index (χ3n) is 4.27. The lowest BCUT2D eigenvalue weighted by atomic mass is 9.82. The molecule has 1 atom stereocenters. The van der Waals surface area contributed by atoms with Crippen molar-refractivity contribution in [3.05, 3.63) is 35.4 Å². The van der Waals surface area contributed by atoms with Gasteiger partial charge < -0.3 is 4.90 Å². The van der Waals surface area contributed by atoms with E-state index in [0.29, 0.717) is 12.0 Å². The lowest BCUT2D eigenvalue weighted by molar-refractivity contribution is -0.138. The van der Waals surface area contributed by atoms with E-state index >= 15 is 0 Å². The second-order valence-corrected chi connectivity index (χ2v) is 5.71. The van der Waals surface area contributed by atoms with Gasteiger partial charge in [-0.3, -0.25) is 0 Å². The van der Waals surface area contributed by atoms with Crippen molar-refractivity contribution in [2.45, 2.75) is 44.3 Å². The first kappa shape index (κ1) is 14.4. The van der Waals surface area contributed by atoms with Gasteiger partial charge in [-0.1, -0.05) is 24.6 Å². The van der Waals surface area contributed by atoms with Crippen LogP contribution in [-0.4, -0.2) is 24.0 Å². The Bertz CT molecular complexity index is 441. The summed E-state index contributed by atoms with van der Waals surface area (Å²) < 4.78 is 39.0. The summed E-state index contributed by atoms with van der Waals surface area (Å²) in [5.74, 6) is 0. The topological polar surface area (TPSA) is 3.24 Å². The third-order valence-corrected chi connectivity index (χ3v) is 4.27. The third kappa shape index (κ3) is 3.11. The number of hydrogen-bond acceptors (Lipinski definition) is 1. The highest BCUT2D eigenvalue weighted by Crippen LogP contribution is 2.36.